The monoisotopic (exact) mass is 336 g/mol. The Kier molecular flexibility index (Phi) is 3.99. The normalized spacial score (nSPS) is 10.1. The van der Waals surface area contributed by atoms with Gasteiger partial charge in [0.05, 0.1) is 5.56 Å². The zero-order chi connectivity index (χ0) is 14.7. The van der Waals surface area contributed by atoms with Crippen molar-refractivity contribution in [2.24, 2.45) is 0 Å². The zero-order valence-electron chi connectivity index (χ0n) is 10.0. The minimum Gasteiger partial charge on any atom is -0.507 e. The van der Waals surface area contributed by atoms with E-state index in [1.54, 1.807) is 6.07 Å². The molecule has 1 heterocycles. The van der Waals surface area contributed by atoms with E-state index < -0.39 is 11.9 Å². The highest BCUT2D eigenvalue weighted by molar-refractivity contribution is 9.10. The molecule has 0 aliphatic rings. The van der Waals surface area contributed by atoms with E-state index in [0.717, 1.165) is 0 Å². The van der Waals surface area contributed by atoms with E-state index in [-0.39, 0.29) is 22.8 Å². The fourth-order valence-electron chi connectivity index (χ4n) is 1.50. The predicted molar refractivity (Wildman–Crippen MR) is 75.0 cm³/mol. The summed E-state index contributed by atoms with van der Waals surface area (Å²) in [6, 6.07) is 8.67. The van der Waals surface area contributed by atoms with Crippen molar-refractivity contribution in [2.45, 2.75) is 0 Å². The van der Waals surface area contributed by atoms with Gasteiger partial charge >= 0.3 is 5.97 Å². The molecule has 0 saturated heterocycles. The van der Waals surface area contributed by atoms with Gasteiger partial charge in [-0.2, -0.15) is 0 Å². The number of carboxylic acid groups (broad SMARTS) is 1. The number of phenols is 1. The van der Waals surface area contributed by atoms with E-state index in [2.05, 4.69) is 26.2 Å². The smallest absolute Gasteiger partial charge is 0.354 e. The molecule has 1 aromatic heterocycles. The Labute approximate surface area is 122 Å². The molecular formula is C13H9BrN2O4. The SMILES string of the molecule is O=C(O)c1cccc(NC(=O)c2ccc(Br)cc2O)n1. The number of nitrogens with one attached hydrogen (secondary N) is 1. The first-order valence-electron chi connectivity index (χ1n) is 5.47. The first kappa shape index (κ1) is 14.0. The molecule has 1 amide bonds. The van der Waals surface area contributed by atoms with E-state index in [9.17, 15) is 14.7 Å². The number of phenolic OH excluding ortho intramolecular Hbond substituents is 1. The molecule has 3 N–H and O–H groups in total. The molecule has 2 rings (SSSR count). The minimum absolute atomic E-state index is 0.0655. The van der Waals surface area contributed by atoms with Crippen molar-refractivity contribution in [1.82, 2.24) is 4.98 Å². The van der Waals surface area contributed by atoms with E-state index in [1.165, 1.54) is 30.3 Å². The summed E-state index contributed by atoms with van der Waals surface area (Å²) in [5, 5.41) is 20.9. The number of aromatic carboxylic acids is 1. The number of amides is 1. The van der Waals surface area contributed by atoms with Crippen molar-refractivity contribution in [2.75, 3.05) is 5.32 Å². The Morgan fingerprint density at radius 1 is 1.20 bits per heavy atom. The molecule has 0 aliphatic carbocycles. The Bertz CT molecular complexity index is 688. The van der Waals surface area contributed by atoms with Gasteiger partial charge in [0, 0.05) is 4.47 Å². The molecule has 0 spiro atoms. The first-order chi connectivity index (χ1) is 9.47. The van der Waals surface area contributed by atoms with Gasteiger partial charge in [0.1, 0.15) is 11.6 Å². The Morgan fingerprint density at radius 3 is 2.60 bits per heavy atom. The van der Waals surface area contributed by atoms with Crippen LogP contribution in [0, 0.1) is 0 Å². The van der Waals surface area contributed by atoms with E-state index in [1.807, 2.05) is 0 Å². The molecule has 0 saturated carbocycles. The van der Waals surface area contributed by atoms with Gasteiger partial charge < -0.3 is 15.5 Å². The van der Waals surface area contributed by atoms with Crippen molar-refractivity contribution in [3.8, 4) is 5.75 Å². The standard InChI is InChI=1S/C13H9BrN2O4/c14-7-4-5-8(10(17)6-7)12(18)16-11-3-1-2-9(15-11)13(19)20/h1-6,17H,(H,19,20)(H,15,16,18). The summed E-state index contributed by atoms with van der Waals surface area (Å²) in [4.78, 5) is 26.5. The lowest BCUT2D eigenvalue weighted by atomic mass is 10.2. The summed E-state index contributed by atoms with van der Waals surface area (Å²) in [5.74, 6) is -1.86. The van der Waals surface area contributed by atoms with E-state index >= 15 is 0 Å². The van der Waals surface area contributed by atoms with Gasteiger partial charge in [-0.3, -0.25) is 4.79 Å². The second kappa shape index (κ2) is 5.70. The van der Waals surface area contributed by atoms with Crippen molar-refractivity contribution in [3.05, 3.63) is 52.1 Å². The molecule has 20 heavy (non-hydrogen) atoms. The number of aromatic nitrogens is 1. The third kappa shape index (κ3) is 3.12. The van der Waals surface area contributed by atoms with Crippen molar-refractivity contribution < 1.29 is 19.8 Å². The maximum atomic E-state index is 12.0. The van der Waals surface area contributed by atoms with Crippen LogP contribution in [-0.4, -0.2) is 27.1 Å². The summed E-state index contributed by atoms with van der Waals surface area (Å²) in [6.45, 7) is 0. The maximum absolute atomic E-state index is 12.0. The van der Waals surface area contributed by atoms with Crippen LogP contribution < -0.4 is 5.32 Å². The highest BCUT2D eigenvalue weighted by Gasteiger charge is 2.13. The van der Waals surface area contributed by atoms with Crippen molar-refractivity contribution >= 4 is 33.6 Å². The number of carbonyl (C=O) groups is 2. The first-order valence-corrected chi connectivity index (χ1v) is 6.27. The summed E-state index contributed by atoms with van der Waals surface area (Å²) in [6.07, 6.45) is 0. The van der Waals surface area contributed by atoms with Gasteiger partial charge in [0.25, 0.3) is 5.91 Å². The molecule has 0 atom stereocenters. The summed E-state index contributed by atoms with van der Waals surface area (Å²) in [5.41, 5.74) is -0.112. The van der Waals surface area contributed by atoms with Crippen LogP contribution >= 0.6 is 15.9 Å². The van der Waals surface area contributed by atoms with E-state index in [0.29, 0.717) is 4.47 Å². The molecule has 0 bridgehead atoms. The average Bonchev–Trinajstić information content (AvgIpc) is 2.38. The summed E-state index contributed by atoms with van der Waals surface area (Å²) in [7, 11) is 0. The highest BCUT2D eigenvalue weighted by atomic mass is 79.9. The molecule has 6 nitrogen and oxygen atoms in total. The molecular weight excluding hydrogens is 328 g/mol. The van der Waals surface area contributed by atoms with Crippen LogP contribution in [0.4, 0.5) is 5.82 Å². The number of aromatic hydroxyl groups is 1. The lowest BCUT2D eigenvalue weighted by molar-refractivity contribution is 0.0690. The summed E-state index contributed by atoms with van der Waals surface area (Å²) < 4.78 is 0.637. The molecule has 7 heteroatoms. The van der Waals surface area contributed by atoms with Crippen LogP contribution in [0.3, 0.4) is 0 Å². The molecule has 0 aliphatic heterocycles. The highest BCUT2D eigenvalue weighted by Crippen LogP contribution is 2.23. The van der Waals surface area contributed by atoms with Crippen molar-refractivity contribution in [1.29, 1.82) is 0 Å². The number of anilines is 1. The third-order valence-electron chi connectivity index (χ3n) is 2.41. The number of pyridine rings is 1. The molecule has 0 unspecified atom stereocenters. The number of nitrogens with zero attached hydrogens (tertiary/aromatic N) is 1. The largest absolute Gasteiger partial charge is 0.507 e. The summed E-state index contributed by atoms with van der Waals surface area (Å²) >= 11 is 3.17. The van der Waals surface area contributed by atoms with Gasteiger partial charge in [-0.25, -0.2) is 9.78 Å². The zero-order valence-corrected chi connectivity index (χ0v) is 11.6. The second-order valence-electron chi connectivity index (χ2n) is 3.83. The molecule has 0 radical (unpaired) electrons. The van der Waals surface area contributed by atoms with Crippen molar-refractivity contribution in [3.63, 3.8) is 0 Å². The fourth-order valence-corrected chi connectivity index (χ4v) is 1.85. The van der Waals surface area contributed by atoms with Crippen LogP contribution in [0.5, 0.6) is 5.75 Å². The number of carboxylic acids is 1. The number of hydrogen-bond acceptors (Lipinski definition) is 4. The molecule has 102 valence electrons. The minimum atomic E-state index is -1.19. The topological polar surface area (TPSA) is 99.5 Å². The van der Waals surface area contributed by atoms with Gasteiger partial charge in [0.2, 0.25) is 0 Å². The fraction of sp³-hybridized carbons (Fsp3) is 0. The quantitative estimate of drug-likeness (QED) is 0.799. The molecule has 1 aromatic carbocycles. The van der Waals surface area contributed by atoms with Crippen LogP contribution in [0.2, 0.25) is 0 Å². The maximum Gasteiger partial charge on any atom is 0.354 e. The predicted octanol–water partition coefficient (Wildman–Crippen LogP) is 2.50. The lowest BCUT2D eigenvalue weighted by Crippen LogP contribution is -2.14. The van der Waals surface area contributed by atoms with E-state index in [4.69, 9.17) is 5.11 Å². The molecule has 0 fully saturated rings. The van der Waals surface area contributed by atoms with Crippen LogP contribution in [-0.2, 0) is 0 Å². The van der Waals surface area contributed by atoms with Gasteiger partial charge in [0.15, 0.2) is 5.69 Å². The van der Waals surface area contributed by atoms with Crippen LogP contribution in [0.25, 0.3) is 0 Å². The number of carbonyl (C=O) groups excluding carboxylic acids is 1. The van der Waals surface area contributed by atoms with Crippen LogP contribution in [0.15, 0.2) is 40.9 Å². The Hall–Kier alpha value is -2.41. The number of rotatable bonds is 3. The third-order valence-corrected chi connectivity index (χ3v) is 2.91. The number of hydrogen-bond donors (Lipinski definition) is 3. The Morgan fingerprint density at radius 2 is 1.95 bits per heavy atom. The van der Waals surface area contributed by atoms with Gasteiger partial charge in [-0.05, 0) is 30.3 Å². The number of halogens is 1. The van der Waals surface area contributed by atoms with Gasteiger partial charge in [-0.1, -0.05) is 22.0 Å². The second-order valence-corrected chi connectivity index (χ2v) is 4.74. The van der Waals surface area contributed by atoms with Gasteiger partial charge in [-0.15, -0.1) is 0 Å². The lowest BCUT2D eigenvalue weighted by Gasteiger charge is -2.07. The van der Waals surface area contributed by atoms with Crippen LogP contribution in [0.1, 0.15) is 20.8 Å². The number of benzene rings is 1. The Balaban J connectivity index is 2.23. The molecule has 2 aromatic rings. The average molecular weight is 337 g/mol.